The second-order valence-corrected chi connectivity index (χ2v) is 7.21. The number of nitrogens with zero attached hydrogens (tertiary/aromatic N) is 1. The van der Waals surface area contributed by atoms with E-state index in [2.05, 4.69) is 31.1 Å². The van der Waals surface area contributed by atoms with Crippen LogP contribution in [0.4, 0.5) is 0 Å². The van der Waals surface area contributed by atoms with Crippen LogP contribution >= 0.6 is 0 Å². The van der Waals surface area contributed by atoms with E-state index in [1.165, 1.54) is 45.2 Å². The van der Waals surface area contributed by atoms with Gasteiger partial charge in [-0.2, -0.15) is 0 Å². The summed E-state index contributed by atoms with van der Waals surface area (Å²) in [6.45, 7) is 7.59. The van der Waals surface area contributed by atoms with Crippen molar-refractivity contribution in [3.05, 3.63) is 0 Å². The Hall–Kier alpha value is -0.120. The van der Waals surface area contributed by atoms with Gasteiger partial charge in [-0.05, 0) is 57.0 Å². The van der Waals surface area contributed by atoms with Crippen LogP contribution in [0.2, 0.25) is 0 Å². The first-order valence-electron chi connectivity index (χ1n) is 8.10. The van der Waals surface area contributed by atoms with Gasteiger partial charge in [-0.15, -0.1) is 0 Å². The lowest BCUT2D eigenvalue weighted by molar-refractivity contribution is 0.0921. The van der Waals surface area contributed by atoms with Crippen molar-refractivity contribution in [2.45, 2.75) is 64.5 Å². The van der Waals surface area contributed by atoms with Crippen molar-refractivity contribution < 1.29 is 5.11 Å². The van der Waals surface area contributed by atoms with Crippen molar-refractivity contribution in [3.8, 4) is 0 Å². The zero-order chi connectivity index (χ0) is 13.9. The van der Waals surface area contributed by atoms with Gasteiger partial charge in [-0.25, -0.2) is 0 Å². The van der Waals surface area contributed by atoms with Crippen molar-refractivity contribution in [1.29, 1.82) is 0 Å². The Morgan fingerprint density at radius 1 is 1.26 bits per heavy atom. The van der Waals surface area contributed by atoms with Crippen molar-refractivity contribution >= 4 is 0 Å². The van der Waals surface area contributed by atoms with Gasteiger partial charge in [0, 0.05) is 25.2 Å². The molecular formula is C16H32N2O. The molecule has 0 amide bonds. The summed E-state index contributed by atoms with van der Waals surface area (Å²) in [7, 11) is 2.12. The molecular weight excluding hydrogens is 236 g/mol. The SMILES string of the molecule is CNC1C(CN2CCCCC2CCO)CCC1(C)C. The minimum atomic E-state index is 0.340. The average Bonchev–Trinajstić information content (AvgIpc) is 2.67. The lowest BCUT2D eigenvalue weighted by Crippen LogP contribution is -2.48. The summed E-state index contributed by atoms with van der Waals surface area (Å²) in [6, 6.07) is 1.27. The highest BCUT2D eigenvalue weighted by Gasteiger charge is 2.42. The van der Waals surface area contributed by atoms with E-state index in [1.807, 2.05) is 0 Å². The van der Waals surface area contributed by atoms with E-state index >= 15 is 0 Å². The standard InChI is InChI=1S/C16H32N2O/c1-16(2)9-7-13(15(16)17-3)12-18-10-5-4-6-14(18)8-11-19/h13-15,17,19H,4-12H2,1-3H3. The summed E-state index contributed by atoms with van der Waals surface area (Å²) >= 11 is 0. The minimum absolute atomic E-state index is 0.340. The van der Waals surface area contributed by atoms with Gasteiger partial charge in [0.1, 0.15) is 0 Å². The first-order valence-corrected chi connectivity index (χ1v) is 8.10. The van der Waals surface area contributed by atoms with Crippen LogP contribution in [0.3, 0.4) is 0 Å². The fourth-order valence-electron chi connectivity index (χ4n) is 4.42. The van der Waals surface area contributed by atoms with E-state index in [4.69, 9.17) is 0 Å². The maximum atomic E-state index is 9.24. The number of hydrogen-bond donors (Lipinski definition) is 2. The Labute approximate surface area is 118 Å². The fourth-order valence-corrected chi connectivity index (χ4v) is 4.42. The fraction of sp³-hybridized carbons (Fsp3) is 1.00. The molecule has 3 unspecified atom stereocenters. The van der Waals surface area contributed by atoms with Gasteiger partial charge in [0.15, 0.2) is 0 Å². The molecule has 0 aromatic rings. The van der Waals surface area contributed by atoms with Crippen LogP contribution in [0.1, 0.15) is 52.4 Å². The number of rotatable bonds is 5. The molecule has 1 saturated carbocycles. The van der Waals surface area contributed by atoms with Crippen LogP contribution in [0.15, 0.2) is 0 Å². The average molecular weight is 268 g/mol. The lowest BCUT2D eigenvalue weighted by Gasteiger charge is -2.39. The molecule has 3 atom stereocenters. The number of aliphatic hydroxyl groups is 1. The quantitative estimate of drug-likeness (QED) is 0.803. The molecule has 0 bridgehead atoms. The van der Waals surface area contributed by atoms with Crippen LogP contribution in [-0.2, 0) is 0 Å². The summed E-state index contributed by atoms with van der Waals surface area (Å²) in [5, 5.41) is 12.8. The van der Waals surface area contributed by atoms with Gasteiger partial charge in [0.25, 0.3) is 0 Å². The Bertz CT molecular complexity index is 278. The van der Waals surface area contributed by atoms with Gasteiger partial charge < -0.3 is 10.4 Å². The molecule has 2 rings (SSSR count). The van der Waals surface area contributed by atoms with Crippen molar-refractivity contribution in [1.82, 2.24) is 10.2 Å². The van der Waals surface area contributed by atoms with Gasteiger partial charge in [-0.1, -0.05) is 20.3 Å². The molecule has 1 aliphatic heterocycles. The molecule has 1 aliphatic carbocycles. The predicted octanol–water partition coefficient (Wildman–Crippen LogP) is 2.25. The van der Waals surface area contributed by atoms with Crippen molar-refractivity contribution in [2.75, 3.05) is 26.7 Å². The van der Waals surface area contributed by atoms with Gasteiger partial charge in [0.05, 0.1) is 0 Å². The van der Waals surface area contributed by atoms with Gasteiger partial charge in [-0.3, -0.25) is 4.90 Å². The predicted molar refractivity (Wildman–Crippen MR) is 80.3 cm³/mol. The lowest BCUT2D eigenvalue weighted by atomic mass is 9.84. The highest BCUT2D eigenvalue weighted by atomic mass is 16.3. The Morgan fingerprint density at radius 3 is 2.74 bits per heavy atom. The smallest absolute Gasteiger partial charge is 0.0445 e. The third-order valence-corrected chi connectivity index (χ3v) is 5.46. The van der Waals surface area contributed by atoms with Crippen LogP contribution in [0.5, 0.6) is 0 Å². The van der Waals surface area contributed by atoms with Crippen molar-refractivity contribution in [2.24, 2.45) is 11.3 Å². The van der Waals surface area contributed by atoms with E-state index in [9.17, 15) is 5.11 Å². The molecule has 3 heteroatoms. The molecule has 0 spiro atoms. The topological polar surface area (TPSA) is 35.5 Å². The zero-order valence-electron chi connectivity index (χ0n) is 13.0. The number of aliphatic hydroxyl groups excluding tert-OH is 1. The molecule has 0 radical (unpaired) electrons. The number of likely N-dealkylation sites (tertiary alicyclic amines) is 1. The summed E-state index contributed by atoms with van der Waals surface area (Å²) in [5.41, 5.74) is 0.432. The van der Waals surface area contributed by atoms with Gasteiger partial charge >= 0.3 is 0 Å². The van der Waals surface area contributed by atoms with Crippen molar-refractivity contribution in [3.63, 3.8) is 0 Å². The second kappa shape index (κ2) is 6.55. The van der Waals surface area contributed by atoms with Gasteiger partial charge in [0.2, 0.25) is 0 Å². The molecule has 2 N–H and O–H groups in total. The summed E-state index contributed by atoms with van der Waals surface area (Å²) in [4.78, 5) is 2.66. The third-order valence-electron chi connectivity index (χ3n) is 5.46. The zero-order valence-corrected chi connectivity index (χ0v) is 13.0. The molecule has 2 fully saturated rings. The van der Waals surface area contributed by atoms with Crippen LogP contribution in [-0.4, -0.2) is 48.8 Å². The summed E-state index contributed by atoms with van der Waals surface area (Å²) < 4.78 is 0. The van der Waals surface area contributed by atoms with E-state index in [-0.39, 0.29) is 0 Å². The summed E-state index contributed by atoms with van der Waals surface area (Å²) in [6.07, 6.45) is 7.60. The Balaban J connectivity index is 1.95. The molecule has 19 heavy (non-hydrogen) atoms. The maximum absolute atomic E-state index is 9.24. The first-order chi connectivity index (χ1) is 9.08. The molecule has 3 nitrogen and oxygen atoms in total. The number of piperidine rings is 1. The normalized spacial score (nSPS) is 35.7. The molecule has 1 saturated heterocycles. The highest BCUT2D eigenvalue weighted by Crippen LogP contribution is 2.42. The molecule has 112 valence electrons. The minimum Gasteiger partial charge on any atom is -0.396 e. The monoisotopic (exact) mass is 268 g/mol. The van der Waals surface area contributed by atoms with E-state index in [1.54, 1.807) is 0 Å². The number of hydrogen-bond acceptors (Lipinski definition) is 3. The molecule has 0 aromatic carbocycles. The molecule has 1 heterocycles. The Kier molecular flexibility index (Phi) is 5.27. The Morgan fingerprint density at radius 2 is 2.05 bits per heavy atom. The third kappa shape index (κ3) is 3.50. The first kappa shape index (κ1) is 15.3. The van der Waals surface area contributed by atoms with E-state index < -0.39 is 0 Å². The van der Waals surface area contributed by atoms with Crippen LogP contribution in [0.25, 0.3) is 0 Å². The van der Waals surface area contributed by atoms with E-state index in [0.717, 1.165) is 12.3 Å². The molecule has 0 aromatic heterocycles. The largest absolute Gasteiger partial charge is 0.396 e. The van der Waals surface area contributed by atoms with E-state index in [0.29, 0.717) is 24.1 Å². The molecule has 2 aliphatic rings. The number of nitrogens with one attached hydrogen (secondary N) is 1. The highest BCUT2D eigenvalue weighted by molar-refractivity contribution is 4.97. The van der Waals surface area contributed by atoms with Crippen LogP contribution in [0, 0.1) is 11.3 Å². The summed E-state index contributed by atoms with van der Waals surface area (Å²) in [5.74, 6) is 0.777. The van der Waals surface area contributed by atoms with Crippen LogP contribution < -0.4 is 5.32 Å². The maximum Gasteiger partial charge on any atom is 0.0445 e. The second-order valence-electron chi connectivity index (χ2n) is 7.21.